The fourth-order valence-corrected chi connectivity index (χ4v) is 1.01. The summed E-state index contributed by atoms with van der Waals surface area (Å²) in [5.41, 5.74) is 0.881. The van der Waals surface area contributed by atoms with Gasteiger partial charge in [0, 0.05) is 6.54 Å². The second kappa shape index (κ2) is 4.59. The number of rotatable bonds is 4. The lowest BCUT2D eigenvalue weighted by atomic mass is 10.2. The molecule has 1 aromatic rings. The van der Waals surface area contributed by atoms with Crippen LogP contribution in [0.15, 0.2) is 30.3 Å². The molecule has 0 aliphatic heterocycles. The summed E-state index contributed by atoms with van der Waals surface area (Å²) in [5.74, 6) is -1.04. The van der Waals surface area contributed by atoms with Gasteiger partial charge in [-0.15, -0.1) is 0 Å². The maximum absolute atomic E-state index is 10.2. The van der Waals surface area contributed by atoms with E-state index in [1.807, 2.05) is 30.3 Å². The molecule has 4 nitrogen and oxygen atoms in total. The van der Waals surface area contributed by atoms with Crippen LogP contribution < -0.4 is 0 Å². The fraction of sp³-hybridized carbons (Fsp3) is 0.222. The highest BCUT2D eigenvalue weighted by molar-refractivity contribution is 5.68. The molecule has 4 heteroatoms. The first-order valence-electron chi connectivity index (χ1n) is 3.88. The number of carbonyl (C=O) groups is 1. The molecule has 0 aromatic heterocycles. The normalized spacial score (nSPS) is 10.3. The van der Waals surface area contributed by atoms with E-state index in [1.165, 1.54) is 0 Å². The summed E-state index contributed by atoms with van der Waals surface area (Å²) < 4.78 is 0. The van der Waals surface area contributed by atoms with Crippen LogP contribution in [0.2, 0.25) is 0 Å². The van der Waals surface area contributed by atoms with Crippen molar-refractivity contribution in [1.82, 2.24) is 5.06 Å². The van der Waals surface area contributed by atoms with Gasteiger partial charge in [0.05, 0.1) is 0 Å². The molecule has 1 aromatic carbocycles. The minimum absolute atomic E-state index is 0.229. The van der Waals surface area contributed by atoms with E-state index in [1.54, 1.807) is 0 Å². The van der Waals surface area contributed by atoms with E-state index in [-0.39, 0.29) is 13.1 Å². The maximum Gasteiger partial charge on any atom is 0.320 e. The Morgan fingerprint density at radius 2 is 1.92 bits per heavy atom. The fourth-order valence-electron chi connectivity index (χ4n) is 1.01. The number of aliphatic carboxylic acids is 1. The molecule has 0 fully saturated rings. The van der Waals surface area contributed by atoms with Crippen LogP contribution >= 0.6 is 0 Å². The van der Waals surface area contributed by atoms with Crippen LogP contribution in [0.1, 0.15) is 5.56 Å². The Hall–Kier alpha value is -1.39. The molecule has 0 saturated carbocycles. The van der Waals surface area contributed by atoms with Crippen LogP contribution in [-0.2, 0) is 11.3 Å². The van der Waals surface area contributed by atoms with Gasteiger partial charge >= 0.3 is 5.97 Å². The standard InChI is InChI=1S/C9H11NO3/c11-9(12)7-10(13)6-8-4-2-1-3-5-8/h1-5,13H,6-7H2,(H,11,12). The first-order chi connectivity index (χ1) is 6.18. The van der Waals surface area contributed by atoms with Crippen molar-refractivity contribution in [3.8, 4) is 0 Å². The molecule has 1 rings (SSSR count). The lowest BCUT2D eigenvalue weighted by molar-refractivity contribution is -0.155. The van der Waals surface area contributed by atoms with Crippen LogP contribution in [0.25, 0.3) is 0 Å². The maximum atomic E-state index is 10.2. The largest absolute Gasteiger partial charge is 0.480 e. The van der Waals surface area contributed by atoms with Gasteiger partial charge in [-0.05, 0) is 5.56 Å². The van der Waals surface area contributed by atoms with Gasteiger partial charge in [0.25, 0.3) is 0 Å². The van der Waals surface area contributed by atoms with Crippen LogP contribution in [0.4, 0.5) is 0 Å². The Bertz CT molecular complexity index is 273. The van der Waals surface area contributed by atoms with Crippen molar-refractivity contribution in [2.75, 3.05) is 6.54 Å². The molecule has 70 valence electrons. The summed E-state index contributed by atoms with van der Waals surface area (Å²) in [5, 5.41) is 18.2. The highest BCUT2D eigenvalue weighted by Crippen LogP contribution is 2.01. The SMILES string of the molecule is O=C(O)CN(O)Cc1ccccc1. The van der Waals surface area contributed by atoms with Gasteiger partial charge in [-0.2, -0.15) is 5.06 Å². The molecule has 0 atom stereocenters. The summed E-state index contributed by atoms with van der Waals surface area (Å²) in [6.45, 7) is -0.137. The Kier molecular flexibility index (Phi) is 3.42. The van der Waals surface area contributed by atoms with Gasteiger partial charge in [-0.25, -0.2) is 0 Å². The predicted octanol–water partition coefficient (Wildman–Crippen LogP) is 0.962. The predicted molar refractivity (Wildman–Crippen MR) is 46.3 cm³/mol. The number of nitrogens with zero attached hydrogens (tertiary/aromatic N) is 1. The van der Waals surface area contributed by atoms with Crippen LogP contribution in [0.5, 0.6) is 0 Å². The smallest absolute Gasteiger partial charge is 0.320 e. The number of hydrogen-bond donors (Lipinski definition) is 2. The van der Waals surface area contributed by atoms with Crippen molar-refractivity contribution in [3.05, 3.63) is 35.9 Å². The summed E-state index contributed by atoms with van der Waals surface area (Å²) in [4.78, 5) is 10.2. The number of benzene rings is 1. The molecule has 13 heavy (non-hydrogen) atoms. The lowest BCUT2D eigenvalue weighted by Crippen LogP contribution is -2.25. The van der Waals surface area contributed by atoms with Gasteiger partial charge < -0.3 is 10.3 Å². The van der Waals surface area contributed by atoms with Crippen LogP contribution in [0, 0.1) is 0 Å². The molecule has 0 bridgehead atoms. The topological polar surface area (TPSA) is 60.8 Å². The molecular weight excluding hydrogens is 170 g/mol. The van der Waals surface area contributed by atoms with Crippen molar-refractivity contribution < 1.29 is 15.1 Å². The molecule has 0 radical (unpaired) electrons. The van der Waals surface area contributed by atoms with Gasteiger partial charge in [-0.1, -0.05) is 30.3 Å². The Morgan fingerprint density at radius 3 is 2.46 bits per heavy atom. The van der Waals surface area contributed by atoms with Gasteiger partial charge in [-0.3, -0.25) is 4.79 Å². The van der Waals surface area contributed by atoms with Gasteiger partial charge in [0.2, 0.25) is 0 Å². The molecule has 0 aliphatic carbocycles. The zero-order valence-corrected chi connectivity index (χ0v) is 7.05. The highest BCUT2D eigenvalue weighted by atomic mass is 16.5. The van der Waals surface area contributed by atoms with Gasteiger partial charge in [0.15, 0.2) is 0 Å². The zero-order chi connectivity index (χ0) is 9.68. The van der Waals surface area contributed by atoms with Crippen molar-refractivity contribution in [2.24, 2.45) is 0 Å². The van der Waals surface area contributed by atoms with Crippen molar-refractivity contribution in [2.45, 2.75) is 6.54 Å². The number of carboxylic acid groups (broad SMARTS) is 1. The summed E-state index contributed by atoms with van der Waals surface area (Å²) >= 11 is 0. The molecule has 2 N–H and O–H groups in total. The van der Waals surface area contributed by atoms with Crippen molar-refractivity contribution >= 4 is 5.97 Å². The first-order valence-corrected chi connectivity index (χ1v) is 3.88. The second-order valence-electron chi connectivity index (χ2n) is 2.70. The molecule has 0 amide bonds. The minimum Gasteiger partial charge on any atom is -0.480 e. The molecule has 0 heterocycles. The van der Waals surface area contributed by atoms with Crippen molar-refractivity contribution in [3.63, 3.8) is 0 Å². The zero-order valence-electron chi connectivity index (χ0n) is 7.05. The van der Waals surface area contributed by atoms with Crippen LogP contribution in [0.3, 0.4) is 0 Å². The number of carboxylic acids is 1. The summed E-state index contributed by atoms with van der Waals surface area (Å²) in [7, 11) is 0. The molecule has 0 unspecified atom stereocenters. The van der Waals surface area contributed by atoms with Crippen LogP contribution in [-0.4, -0.2) is 27.9 Å². The summed E-state index contributed by atoms with van der Waals surface area (Å²) in [6, 6.07) is 9.19. The van der Waals surface area contributed by atoms with E-state index in [0.29, 0.717) is 0 Å². The molecular formula is C9H11NO3. The Morgan fingerprint density at radius 1 is 1.31 bits per heavy atom. The van der Waals surface area contributed by atoms with Crippen molar-refractivity contribution in [1.29, 1.82) is 0 Å². The number of hydroxylamine groups is 2. The Labute approximate surface area is 76.0 Å². The Balaban J connectivity index is 2.45. The molecule has 0 saturated heterocycles. The quantitative estimate of drug-likeness (QED) is 0.679. The van der Waals surface area contributed by atoms with E-state index < -0.39 is 5.97 Å². The van der Waals surface area contributed by atoms with E-state index in [0.717, 1.165) is 10.6 Å². The third-order valence-electron chi connectivity index (χ3n) is 1.53. The monoisotopic (exact) mass is 181 g/mol. The minimum atomic E-state index is -1.04. The lowest BCUT2D eigenvalue weighted by Gasteiger charge is -2.11. The average Bonchev–Trinajstić information content (AvgIpc) is 2.04. The molecule has 0 spiro atoms. The third kappa shape index (κ3) is 3.68. The summed E-state index contributed by atoms with van der Waals surface area (Å²) in [6.07, 6.45) is 0. The van der Waals surface area contributed by atoms with E-state index in [9.17, 15) is 4.79 Å². The van der Waals surface area contributed by atoms with E-state index in [2.05, 4.69) is 0 Å². The first kappa shape index (κ1) is 9.70. The van der Waals surface area contributed by atoms with E-state index >= 15 is 0 Å². The second-order valence-corrected chi connectivity index (χ2v) is 2.70. The van der Waals surface area contributed by atoms with Gasteiger partial charge in [0.1, 0.15) is 6.54 Å². The highest BCUT2D eigenvalue weighted by Gasteiger charge is 2.05. The number of hydrogen-bond acceptors (Lipinski definition) is 3. The third-order valence-corrected chi connectivity index (χ3v) is 1.53. The molecule has 0 aliphatic rings. The van der Waals surface area contributed by atoms with E-state index in [4.69, 9.17) is 10.3 Å². The average molecular weight is 181 g/mol.